The minimum Gasteiger partial charge on any atom is -0.508 e. The standard InChI is InChI=1S/C11H14ClO/c1-11(2,3)7-8-6-9(12)4-5-10(8)13/h4-7,13H,1-3H3. The van der Waals surface area contributed by atoms with E-state index in [4.69, 9.17) is 11.6 Å². The first-order valence-corrected chi connectivity index (χ1v) is 4.61. The van der Waals surface area contributed by atoms with Gasteiger partial charge in [0, 0.05) is 5.02 Å². The zero-order chi connectivity index (χ0) is 10.1. The number of phenolic OH excluding ortho intramolecular Hbond substituents is 1. The molecular formula is C11H14ClO. The second-order valence-electron chi connectivity index (χ2n) is 4.21. The fraction of sp³-hybridized carbons (Fsp3) is 0.364. The molecule has 1 radical (unpaired) electrons. The van der Waals surface area contributed by atoms with Crippen molar-refractivity contribution in [3.63, 3.8) is 0 Å². The lowest BCUT2D eigenvalue weighted by atomic mass is 9.88. The van der Waals surface area contributed by atoms with E-state index >= 15 is 0 Å². The van der Waals surface area contributed by atoms with Crippen LogP contribution in [0.15, 0.2) is 18.2 Å². The summed E-state index contributed by atoms with van der Waals surface area (Å²) in [6, 6.07) is 5.05. The van der Waals surface area contributed by atoms with E-state index < -0.39 is 0 Å². The lowest BCUT2D eigenvalue weighted by Crippen LogP contribution is -2.06. The summed E-state index contributed by atoms with van der Waals surface area (Å²) < 4.78 is 0. The van der Waals surface area contributed by atoms with Gasteiger partial charge in [-0.3, -0.25) is 0 Å². The van der Waals surface area contributed by atoms with Crippen LogP contribution in [0.1, 0.15) is 26.3 Å². The van der Waals surface area contributed by atoms with Crippen LogP contribution in [0.25, 0.3) is 0 Å². The van der Waals surface area contributed by atoms with Gasteiger partial charge in [-0.1, -0.05) is 32.4 Å². The summed E-state index contributed by atoms with van der Waals surface area (Å²) >= 11 is 5.81. The molecule has 0 fully saturated rings. The summed E-state index contributed by atoms with van der Waals surface area (Å²) in [6.45, 7) is 6.23. The van der Waals surface area contributed by atoms with E-state index in [1.165, 1.54) is 0 Å². The molecule has 1 aromatic rings. The van der Waals surface area contributed by atoms with Crippen LogP contribution < -0.4 is 0 Å². The van der Waals surface area contributed by atoms with Crippen LogP contribution in [0.2, 0.25) is 5.02 Å². The fourth-order valence-electron chi connectivity index (χ4n) is 1.11. The number of hydrogen-bond donors (Lipinski definition) is 1. The van der Waals surface area contributed by atoms with Gasteiger partial charge in [0.2, 0.25) is 0 Å². The van der Waals surface area contributed by atoms with Crippen molar-refractivity contribution in [1.82, 2.24) is 0 Å². The Morgan fingerprint density at radius 2 is 1.92 bits per heavy atom. The van der Waals surface area contributed by atoms with Gasteiger partial charge in [0.15, 0.2) is 0 Å². The highest BCUT2D eigenvalue weighted by atomic mass is 35.5. The smallest absolute Gasteiger partial charge is 0.119 e. The zero-order valence-corrected chi connectivity index (χ0v) is 8.89. The zero-order valence-electron chi connectivity index (χ0n) is 8.13. The van der Waals surface area contributed by atoms with Crippen molar-refractivity contribution in [3.05, 3.63) is 35.2 Å². The molecular weight excluding hydrogens is 184 g/mol. The molecule has 0 spiro atoms. The Hall–Kier alpha value is -0.690. The quantitative estimate of drug-likeness (QED) is 0.729. The number of halogens is 1. The molecule has 0 bridgehead atoms. The molecule has 0 aromatic heterocycles. The van der Waals surface area contributed by atoms with E-state index in [-0.39, 0.29) is 11.2 Å². The van der Waals surface area contributed by atoms with Gasteiger partial charge in [0.1, 0.15) is 5.75 Å². The second-order valence-corrected chi connectivity index (χ2v) is 4.65. The van der Waals surface area contributed by atoms with Gasteiger partial charge in [-0.2, -0.15) is 0 Å². The number of rotatable bonds is 1. The van der Waals surface area contributed by atoms with Gasteiger partial charge in [-0.25, -0.2) is 0 Å². The van der Waals surface area contributed by atoms with Gasteiger partial charge < -0.3 is 5.11 Å². The maximum atomic E-state index is 9.51. The van der Waals surface area contributed by atoms with Crippen molar-refractivity contribution in [2.45, 2.75) is 20.8 Å². The van der Waals surface area contributed by atoms with E-state index in [0.29, 0.717) is 5.02 Å². The lowest BCUT2D eigenvalue weighted by molar-refractivity contribution is 0.456. The topological polar surface area (TPSA) is 20.2 Å². The normalized spacial score (nSPS) is 11.7. The second kappa shape index (κ2) is 3.59. The van der Waals surface area contributed by atoms with Crippen molar-refractivity contribution in [3.8, 4) is 5.75 Å². The predicted molar refractivity (Wildman–Crippen MR) is 56.0 cm³/mol. The third-order valence-corrected chi connectivity index (χ3v) is 1.81. The lowest BCUT2D eigenvalue weighted by Gasteiger charge is -2.18. The molecule has 0 saturated carbocycles. The van der Waals surface area contributed by atoms with Crippen LogP contribution in [0.4, 0.5) is 0 Å². The van der Waals surface area contributed by atoms with Gasteiger partial charge in [-0.15, -0.1) is 0 Å². The van der Waals surface area contributed by atoms with E-state index in [0.717, 1.165) is 5.56 Å². The Morgan fingerprint density at radius 1 is 1.31 bits per heavy atom. The molecule has 0 saturated heterocycles. The van der Waals surface area contributed by atoms with Gasteiger partial charge in [0.05, 0.1) is 0 Å². The molecule has 0 amide bonds. The molecule has 0 unspecified atom stereocenters. The molecule has 0 aliphatic rings. The first-order valence-electron chi connectivity index (χ1n) is 4.23. The third kappa shape index (κ3) is 3.27. The minimum atomic E-state index is 0.0438. The number of phenols is 1. The van der Waals surface area contributed by atoms with Crippen LogP contribution in [0.3, 0.4) is 0 Å². The van der Waals surface area contributed by atoms with E-state index in [1.807, 2.05) is 6.42 Å². The van der Waals surface area contributed by atoms with Crippen molar-refractivity contribution >= 4 is 11.6 Å². The van der Waals surface area contributed by atoms with E-state index in [1.54, 1.807) is 18.2 Å². The predicted octanol–water partition coefficient (Wildman–Crippen LogP) is 3.64. The molecule has 1 aromatic carbocycles. The molecule has 1 nitrogen and oxygen atoms in total. The minimum absolute atomic E-state index is 0.0438. The van der Waals surface area contributed by atoms with E-state index in [2.05, 4.69) is 20.8 Å². The number of hydrogen-bond acceptors (Lipinski definition) is 1. The largest absolute Gasteiger partial charge is 0.508 e. The fourth-order valence-corrected chi connectivity index (χ4v) is 1.29. The van der Waals surface area contributed by atoms with Crippen molar-refractivity contribution in [2.24, 2.45) is 5.41 Å². The SMILES string of the molecule is CC(C)(C)[CH]c1cc(Cl)ccc1O. The van der Waals surface area contributed by atoms with E-state index in [9.17, 15) is 5.11 Å². The highest BCUT2D eigenvalue weighted by molar-refractivity contribution is 6.30. The molecule has 0 aliphatic carbocycles. The van der Waals surface area contributed by atoms with Crippen LogP contribution in [-0.4, -0.2) is 5.11 Å². The van der Waals surface area contributed by atoms with Crippen molar-refractivity contribution in [1.29, 1.82) is 0 Å². The Morgan fingerprint density at radius 3 is 2.46 bits per heavy atom. The molecule has 13 heavy (non-hydrogen) atoms. The first-order chi connectivity index (χ1) is 5.88. The summed E-state index contributed by atoms with van der Waals surface area (Å²) in [4.78, 5) is 0. The Bertz CT molecular complexity index is 299. The van der Waals surface area contributed by atoms with Crippen LogP contribution in [0.5, 0.6) is 5.75 Å². The molecule has 2 heteroatoms. The highest BCUT2D eigenvalue weighted by Gasteiger charge is 2.14. The monoisotopic (exact) mass is 197 g/mol. The molecule has 1 rings (SSSR count). The van der Waals surface area contributed by atoms with Crippen molar-refractivity contribution < 1.29 is 5.11 Å². The van der Waals surface area contributed by atoms with Crippen molar-refractivity contribution in [2.75, 3.05) is 0 Å². The summed E-state index contributed by atoms with van der Waals surface area (Å²) in [7, 11) is 0. The number of benzene rings is 1. The van der Waals surface area contributed by atoms with Crippen LogP contribution >= 0.6 is 11.6 Å². The van der Waals surface area contributed by atoms with Crippen LogP contribution in [0, 0.1) is 11.8 Å². The Balaban J connectivity index is 2.94. The van der Waals surface area contributed by atoms with Crippen LogP contribution in [-0.2, 0) is 0 Å². The molecule has 0 atom stereocenters. The maximum Gasteiger partial charge on any atom is 0.119 e. The average Bonchev–Trinajstić information content (AvgIpc) is 1.94. The Labute approximate surface area is 84.4 Å². The molecule has 71 valence electrons. The third-order valence-electron chi connectivity index (χ3n) is 1.58. The Kier molecular flexibility index (Phi) is 2.87. The molecule has 1 N–H and O–H groups in total. The molecule has 0 heterocycles. The maximum absolute atomic E-state index is 9.51. The van der Waals surface area contributed by atoms with Gasteiger partial charge >= 0.3 is 0 Å². The summed E-state index contributed by atoms with van der Waals surface area (Å²) in [5, 5.41) is 10.2. The average molecular weight is 198 g/mol. The van der Waals surface area contributed by atoms with Gasteiger partial charge in [-0.05, 0) is 35.6 Å². The summed E-state index contributed by atoms with van der Waals surface area (Å²) in [6.07, 6.45) is 1.99. The molecule has 0 aliphatic heterocycles. The first kappa shape index (κ1) is 10.4. The summed E-state index contributed by atoms with van der Waals surface area (Å²) in [5.74, 6) is 0.277. The number of aromatic hydroxyl groups is 1. The summed E-state index contributed by atoms with van der Waals surface area (Å²) in [5.41, 5.74) is 0.835. The van der Waals surface area contributed by atoms with Gasteiger partial charge in [0.25, 0.3) is 0 Å². The highest BCUT2D eigenvalue weighted by Crippen LogP contribution is 2.30.